The summed E-state index contributed by atoms with van der Waals surface area (Å²) in [6.07, 6.45) is 14.6. The molecule has 0 unspecified atom stereocenters. The van der Waals surface area contributed by atoms with Gasteiger partial charge in [0.05, 0.1) is 4.90 Å². The fourth-order valence-corrected chi connectivity index (χ4v) is 4.74. The van der Waals surface area contributed by atoms with E-state index in [2.05, 4.69) is 13.8 Å². The van der Waals surface area contributed by atoms with Gasteiger partial charge >= 0.3 is 0 Å². The van der Waals surface area contributed by atoms with E-state index in [1.165, 1.54) is 51.4 Å². The van der Waals surface area contributed by atoms with Crippen molar-refractivity contribution in [3.8, 4) is 0 Å². The zero-order chi connectivity index (χ0) is 19.1. The number of rotatable bonds is 16. The maximum atomic E-state index is 12.9. The molecule has 0 saturated carbocycles. The summed E-state index contributed by atoms with van der Waals surface area (Å²) in [7, 11) is -3.35. The van der Waals surface area contributed by atoms with Gasteiger partial charge in [-0.25, -0.2) is 8.42 Å². The van der Waals surface area contributed by atoms with Crippen LogP contribution in [0.5, 0.6) is 0 Å². The number of benzene rings is 1. The van der Waals surface area contributed by atoms with E-state index in [1.54, 1.807) is 28.6 Å². The van der Waals surface area contributed by atoms with Gasteiger partial charge < -0.3 is 0 Å². The van der Waals surface area contributed by atoms with Gasteiger partial charge in [-0.2, -0.15) is 4.31 Å². The lowest BCUT2D eigenvalue weighted by Crippen LogP contribution is -2.33. The quantitative estimate of drug-likeness (QED) is 0.311. The second-order valence-electron chi connectivity index (χ2n) is 7.25. The van der Waals surface area contributed by atoms with E-state index in [1.807, 2.05) is 6.07 Å². The van der Waals surface area contributed by atoms with Crippen molar-refractivity contribution in [1.82, 2.24) is 4.31 Å². The zero-order valence-electron chi connectivity index (χ0n) is 17.0. The molecule has 0 aromatic heterocycles. The molecular formula is C22H39NO2S. The summed E-state index contributed by atoms with van der Waals surface area (Å²) in [6.45, 7) is 5.63. The van der Waals surface area contributed by atoms with Gasteiger partial charge in [0, 0.05) is 13.1 Å². The van der Waals surface area contributed by atoms with Crippen LogP contribution < -0.4 is 0 Å². The fourth-order valence-electron chi connectivity index (χ4n) is 3.20. The van der Waals surface area contributed by atoms with Crippen LogP contribution in [0.4, 0.5) is 0 Å². The van der Waals surface area contributed by atoms with Crippen molar-refractivity contribution in [1.29, 1.82) is 0 Å². The lowest BCUT2D eigenvalue weighted by molar-refractivity contribution is 0.389. The SMILES string of the molecule is CCCCCCCCCCCCN(CCCC)S(=O)(=O)c1ccccc1. The molecule has 1 aromatic rings. The third-order valence-electron chi connectivity index (χ3n) is 4.90. The molecule has 1 aromatic carbocycles. The first kappa shape index (κ1) is 23.2. The van der Waals surface area contributed by atoms with E-state index < -0.39 is 10.0 Å². The first-order chi connectivity index (χ1) is 12.6. The van der Waals surface area contributed by atoms with Gasteiger partial charge in [-0.1, -0.05) is 96.3 Å². The minimum Gasteiger partial charge on any atom is -0.207 e. The molecule has 0 aliphatic carbocycles. The number of sulfonamides is 1. The molecule has 150 valence electrons. The minimum absolute atomic E-state index is 0.420. The first-order valence-corrected chi connectivity index (χ1v) is 12.1. The molecule has 0 N–H and O–H groups in total. The summed E-state index contributed by atoms with van der Waals surface area (Å²) in [5.74, 6) is 0. The van der Waals surface area contributed by atoms with E-state index in [0.29, 0.717) is 18.0 Å². The van der Waals surface area contributed by atoms with Gasteiger partial charge in [-0.3, -0.25) is 0 Å². The van der Waals surface area contributed by atoms with Crippen molar-refractivity contribution in [2.75, 3.05) is 13.1 Å². The summed E-state index contributed by atoms with van der Waals surface area (Å²) in [4.78, 5) is 0.420. The maximum absolute atomic E-state index is 12.9. The van der Waals surface area contributed by atoms with E-state index >= 15 is 0 Å². The fraction of sp³-hybridized carbons (Fsp3) is 0.727. The molecule has 0 heterocycles. The molecule has 1 rings (SSSR count). The van der Waals surface area contributed by atoms with Crippen LogP contribution in [0.2, 0.25) is 0 Å². The molecular weight excluding hydrogens is 342 g/mol. The normalized spacial score (nSPS) is 12.0. The Morgan fingerprint density at radius 2 is 1.12 bits per heavy atom. The van der Waals surface area contributed by atoms with Gasteiger partial charge in [0.25, 0.3) is 0 Å². The number of hydrogen-bond donors (Lipinski definition) is 0. The lowest BCUT2D eigenvalue weighted by atomic mass is 10.1. The van der Waals surface area contributed by atoms with Gasteiger partial charge in [0.1, 0.15) is 0 Å². The summed E-state index contributed by atoms with van der Waals surface area (Å²) in [5.41, 5.74) is 0. The monoisotopic (exact) mass is 381 g/mol. The van der Waals surface area contributed by atoms with Crippen molar-refractivity contribution in [3.63, 3.8) is 0 Å². The van der Waals surface area contributed by atoms with Crippen LogP contribution in [0.15, 0.2) is 35.2 Å². The number of unbranched alkanes of at least 4 members (excludes halogenated alkanes) is 10. The predicted molar refractivity (Wildman–Crippen MR) is 112 cm³/mol. The average molecular weight is 382 g/mol. The lowest BCUT2D eigenvalue weighted by Gasteiger charge is -2.22. The highest BCUT2D eigenvalue weighted by Crippen LogP contribution is 2.18. The Balaban J connectivity index is 2.33. The van der Waals surface area contributed by atoms with E-state index in [-0.39, 0.29) is 0 Å². The van der Waals surface area contributed by atoms with E-state index in [9.17, 15) is 8.42 Å². The number of nitrogens with zero attached hydrogens (tertiary/aromatic N) is 1. The Kier molecular flexibility index (Phi) is 12.7. The smallest absolute Gasteiger partial charge is 0.207 e. The zero-order valence-corrected chi connectivity index (χ0v) is 17.8. The summed E-state index contributed by atoms with van der Waals surface area (Å²) < 4.78 is 27.4. The Morgan fingerprint density at radius 3 is 1.65 bits per heavy atom. The molecule has 0 saturated heterocycles. The summed E-state index contributed by atoms with van der Waals surface area (Å²) >= 11 is 0. The molecule has 0 aliphatic heterocycles. The second-order valence-corrected chi connectivity index (χ2v) is 9.19. The van der Waals surface area contributed by atoms with Crippen LogP contribution >= 0.6 is 0 Å². The second kappa shape index (κ2) is 14.2. The standard InChI is InChI=1S/C22H39NO2S/c1-3-5-7-8-9-10-11-12-13-17-21-23(20-6-4-2)26(24,25)22-18-15-14-16-19-22/h14-16,18-19H,3-13,17,20-21H2,1-2H3. The molecule has 0 spiro atoms. The topological polar surface area (TPSA) is 37.4 Å². The van der Waals surface area contributed by atoms with Crippen LogP contribution in [0.25, 0.3) is 0 Å². The molecule has 3 nitrogen and oxygen atoms in total. The van der Waals surface area contributed by atoms with E-state index in [0.717, 1.165) is 25.7 Å². The summed E-state index contributed by atoms with van der Waals surface area (Å²) in [5, 5.41) is 0. The van der Waals surface area contributed by atoms with Gasteiger partial charge in [0.15, 0.2) is 0 Å². The van der Waals surface area contributed by atoms with Crippen molar-refractivity contribution >= 4 is 10.0 Å². The minimum atomic E-state index is -3.35. The molecule has 4 heteroatoms. The van der Waals surface area contributed by atoms with Crippen LogP contribution in [0, 0.1) is 0 Å². The van der Waals surface area contributed by atoms with Gasteiger partial charge in [-0.05, 0) is 25.0 Å². The molecule has 0 radical (unpaired) electrons. The van der Waals surface area contributed by atoms with Gasteiger partial charge in [0.2, 0.25) is 10.0 Å². The third-order valence-corrected chi connectivity index (χ3v) is 6.82. The molecule has 0 fully saturated rings. The molecule has 0 amide bonds. The first-order valence-electron chi connectivity index (χ1n) is 10.7. The summed E-state index contributed by atoms with van der Waals surface area (Å²) in [6, 6.07) is 8.86. The van der Waals surface area contributed by atoms with Crippen molar-refractivity contribution in [2.24, 2.45) is 0 Å². The van der Waals surface area contributed by atoms with Crippen LogP contribution in [-0.4, -0.2) is 25.8 Å². The third kappa shape index (κ3) is 9.18. The maximum Gasteiger partial charge on any atom is 0.243 e. The molecule has 0 atom stereocenters. The highest BCUT2D eigenvalue weighted by Gasteiger charge is 2.23. The largest absolute Gasteiger partial charge is 0.243 e. The van der Waals surface area contributed by atoms with Crippen molar-refractivity contribution in [2.45, 2.75) is 95.8 Å². The Morgan fingerprint density at radius 1 is 0.654 bits per heavy atom. The Bertz CT molecular complexity index is 543. The number of hydrogen-bond acceptors (Lipinski definition) is 2. The van der Waals surface area contributed by atoms with Crippen LogP contribution in [-0.2, 0) is 10.0 Å². The highest BCUT2D eigenvalue weighted by molar-refractivity contribution is 7.89. The van der Waals surface area contributed by atoms with Crippen LogP contribution in [0.3, 0.4) is 0 Å². The van der Waals surface area contributed by atoms with E-state index in [4.69, 9.17) is 0 Å². The highest BCUT2D eigenvalue weighted by atomic mass is 32.2. The average Bonchev–Trinajstić information content (AvgIpc) is 2.66. The molecule has 0 aliphatic rings. The van der Waals surface area contributed by atoms with Crippen molar-refractivity contribution in [3.05, 3.63) is 30.3 Å². The Labute approximate surface area is 162 Å². The molecule has 0 bridgehead atoms. The Hall–Kier alpha value is -0.870. The van der Waals surface area contributed by atoms with Crippen molar-refractivity contribution < 1.29 is 8.42 Å². The molecule has 26 heavy (non-hydrogen) atoms. The predicted octanol–water partition coefficient (Wildman–Crippen LogP) is 6.40. The van der Waals surface area contributed by atoms with Gasteiger partial charge in [-0.15, -0.1) is 0 Å². The van der Waals surface area contributed by atoms with Crippen LogP contribution in [0.1, 0.15) is 90.9 Å².